The van der Waals surface area contributed by atoms with Gasteiger partial charge in [0.1, 0.15) is 0 Å². The standard InChI is InChI=1S/C21H23F2NO5/c1-4-14-5-7-15(8-6-14)13(2)24-19(25)12-28-20(26)16-9-10-17(29-21(22)23)18(11-16)27-3/h5-11,13,21H,4,12H2,1-3H3,(H,24,25)/t13-/m0/s1. The summed E-state index contributed by atoms with van der Waals surface area (Å²) in [5.74, 6) is -1.51. The van der Waals surface area contributed by atoms with E-state index in [1.807, 2.05) is 31.2 Å². The molecule has 1 N–H and O–H groups in total. The van der Waals surface area contributed by atoms with E-state index in [9.17, 15) is 18.4 Å². The van der Waals surface area contributed by atoms with Crippen LogP contribution in [0.15, 0.2) is 42.5 Å². The van der Waals surface area contributed by atoms with Crippen LogP contribution in [0, 0.1) is 0 Å². The van der Waals surface area contributed by atoms with E-state index >= 15 is 0 Å². The molecule has 0 heterocycles. The van der Waals surface area contributed by atoms with Crippen molar-refractivity contribution >= 4 is 11.9 Å². The summed E-state index contributed by atoms with van der Waals surface area (Å²) in [6, 6.07) is 11.2. The summed E-state index contributed by atoms with van der Waals surface area (Å²) in [5.41, 5.74) is 2.17. The first-order valence-electron chi connectivity index (χ1n) is 9.02. The molecule has 156 valence electrons. The highest BCUT2D eigenvalue weighted by Crippen LogP contribution is 2.29. The topological polar surface area (TPSA) is 73.9 Å². The predicted octanol–water partition coefficient (Wildman–Crippen LogP) is 3.89. The Hall–Kier alpha value is -3.16. The number of carbonyl (C=O) groups is 2. The molecule has 0 saturated carbocycles. The number of carbonyl (C=O) groups excluding carboxylic acids is 2. The smallest absolute Gasteiger partial charge is 0.387 e. The minimum absolute atomic E-state index is 0.0412. The number of benzene rings is 2. The normalized spacial score (nSPS) is 11.7. The third-order valence-corrected chi connectivity index (χ3v) is 4.22. The van der Waals surface area contributed by atoms with E-state index in [1.54, 1.807) is 0 Å². The van der Waals surface area contributed by atoms with Crippen molar-refractivity contribution in [3.63, 3.8) is 0 Å². The van der Waals surface area contributed by atoms with Crippen molar-refractivity contribution in [3.8, 4) is 11.5 Å². The number of hydrogen-bond acceptors (Lipinski definition) is 5. The number of alkyl halides is 2. The Morgan fingerprint density at radius 3 is 2.34 bits per heavy atom. The molecule has 0 unspecified atom stereocenters. The summed E-state index contributed by atoms with van der Waals surface area (Å²) in [5, 5.41) is 2.75. The molecule has 8 heteroatoms. The van der Waals surface area contributed by atoms with Crippen molar-refractivity contribution in [2.75, 3.05) is 13.7 Å². The highest BCUT2D eigenvalue weighted by Gasteiger charge is 2.17. The lowest BCUT2D eigenvalue weighted by atomic mass is 10.1. The number of amides is 1. The van der Waals surface area contributed by atoms with E-state index in [1.165, 1.54) is 30.9 Å². The zero-order valence-corrected chi connectivity index (χ0v) is 16.4. The molecule has 1 amide bonds. The van der Waals surface area contributed by atoms with Crippen molar-refractivity contribution < 1.29 is 32.6 Å². The Bertz CT molecular complexity index is 839. The molecular weight excluding hydrogens is 384 g/mol. The molecule has 0 bridgehead atoms. The van der Waals surface area contributed by atoms with Gasteiger partial charge in [0.05, 0.1) is 18.7 Å². The van der Waals surface area contributed by atoms with E-state index in [0.717, 1.165) is 12.0 Å². The highest BCUT2D eigenvalue weighted by molar-refractivity contribution is 5.92. The van der Waals surface area contributed by atoms with Crippen LogP contribution in [0.5, 0.6) is 11.5 Å². The Labute approximate surface area is 167 Å². The Balaban J connectivity index is 1.91. The fourth-order valence-corrected chi connectivity index (χ4v) is 2.61. The molecule has 29 heavy (non-hydrogen) atoms. The van der Waals surface area contributed by atoms with Gasteiger partial charge in [0.2, 0.25) is 0 Å². The second kappa shape index (κ2) is 10.4. The number of hydrogen-bond donors (Lipinski definition) is 1. The summed E-state index contributed by atoms with van der Waals surface area (Å²) in [4.78, 5) is 24.2. The summed E-state index contributed by atoms with van der Waals surface area (Å²) in [7, 11) is 1.25. The molecule has 0 radical (unpaired) electrons. The fourth-order valence-electron chi connectivity index (χ4n) is 2.61. The molecule has 6 nitrogen and oxygen atoms in total. The first-order valence-corrected chi connectivity index (χ1v) is 9.02. The quantitative estimate of drug-likeness (QED) is 0.639. The number of methoxy groups -OCH3 is 1. The van der Waals surface area contributed by atoms with Gasteiger partial charge in [0, 0.05) is 0 Å². The van der Waals surface area contributed by atoms with Crippen LogP contribution in [0.4, 0.5) is 8.78 Å². The van der Waals surface area contributed by atoms with E-state index in [2.05, 4.69) is 17.0 Å². The fraction of sp³-hybridized carbons (Fsp3) is 0.333. The van der Waals surface area contributed by atoms with Gasteiger partial charge in [-0.2, -0.15) is 8.78 Å². The number of ether oxygens (including phenoxy) is 3. The maximum atomic E-state index is 12.4. The SMILES string of the molecule is CCc1ccc([C@H](C)NC(=O)COC(=O)c2ccc(OC(F)F)c(OC)c2)cc1. The second-order valence-electron chi connectivity index (χ2n) is 6.20. The molecule has 0 fully saturated rings. The minimum atomic E-state index is -3.02. The zero-order valence-electron chi connectivity index (χ0n) is 16.4. The first-order chi connectivity index (χ1) is 13.8. The van der Waals surface area contributed by atoms with Crippen LogP contribution in [0.3, 0.4) is 0 Å². The van der Waals surface area contributed by atoms with Crippen molar-refractivity contribution in [1.29, 1.82) is 0 Å². The first kappa shape index (κ1) is 22.1. The van der Waals surface area contributed by atoms with Gasteiger partial charge >= 0.3 is 12.6 Å². The van der Waals surface area contributed by atoms with E-state index < -0.39 is 25.1 Å². The lowest BCUT2D eigenvalue weighted by Crippen LogP contribution is -2.31. The van der Waals surface area contributed by atoms with Crippen LogP contribution in [0.2, 0.25) is 0 Å². The number of rotatable bonds is 9. The Kier molecular flexibility index (Phi) is 7.94. The van der Waals surface area contributed by atoms with E-state index in [4.69, 9.17) is 9.47 Å². The van der Waals surface area contributed by atoms with Gasteiger partial charge < -0.3 is 19.5 Å². The Morgan fingerprint density at radius 2 is 1.76 bits per heavy atom. The molecule has 2 rings (SSSR count). The number of halogens is 2. The van der Waals surface area contributed by atoms with Gasteiger partial charge in [0.25, 0.3) is 5.91 Å². The molecule has 0 aromatic heterocycles. The van der Waals surface area contributed by atoms with Crippen molar-refractivity contribution in [3.05, 3.63) is 59.2 Å². The van der Waals surface area contributed by atoms with Crippen molar-refractivity contribution in [2.24, 2.45) is 0 Å². The molecular formula is C21H23F2NO5. The molecule has 1 atom stereocenters. The third kappa shape index (κ3) is 6.44. The van der Waals surface area contributed by atoms with E-state index in [-0.39, 0.29) is 23.1 Å². The van der Waals surface area contributed by atoms with Crippen molar-refractivity contribution in [2.45, 2.75) is 32.9 Å². The molecule has 2 aromatic rings. The van der Waals surface area contributed by atoms with E-state index in [0.29, 0.717) is 0 Å². The van der Waals surface area contributed by atoms with Crippen LogP contribution in [0.25, 0.3) is 0 Å². The molecule has 2 aromatic carbocycles. The molecule has 0 aliphatic heterocycles. The van der Waals surface area contributed by atoms with Gasteiger partial charge in [0.15, 0.2) is 18.1 Å². The Morgan fingerprint density at radius 1 is 1.07 bits per heavy atom. The lowest BCUT2D eigenvalue weighted by Gasteiger charge is -2.15. The van der Waals surface area contributed by atoms with Crippen LogP contribution in [-0.2, 0) is 16.0 Å². The molecule has 0 aliphatic rings. The maximum absolute atomic E-state index is 12.4. The summed E-state index contributed by atoms with van der Waals surface area (Å²) < 4.78 is 38.9. The average molecular weight is 407 g/mol. The van der Waals surface area contributed by atoms with Gasteiger partial charge in [-0.05, 0) is 42.7 Å². The summed E-state index contributed by atoms with van der Waals surface area (Å²) >= 11 is 0. The lowest BCUT2D eigenvalue weighted by molar-refractivity contribution is -0.124. The van der Waals surface area contributed by atoms with Gasteiger partial charge in [-0.25, -0.2) is 4.79 Å². The van der Waals surface area contributed by atoms with Gasteiger partial charge in [-0.1, -0.05) is 31.2 Å². The molecule has 0 spiro atoms. The average Bonchev–Trinajstić information content (AvgIpc) is 2.71. The number of aryl methyl sites for hydroxylation is 1. The van der Waals surface area contributed by atoms with Gasteiger partial charge in [-0.3, -0.25) is 4.79 Å². The largest absolute Gasteiger partial charge is 0.493 e. The summed E-state index contributed by atoms with van der Waals surface area (Å²) in [6.45, 7) is 0.385. The van der Waals surface area contributed by atoms with Gasteiger partial charge in [-0.15, -0.1) is 0 Å². The minimum Gasteiger partial charge on any atom is -0.493 e. The number of nitrogens with one attached hydrogen (secondary N) is 1. The molecule has 0 aliphatic carbocycles. The number of esters is 1. The van der Waals surface area contributed by atoms with Crippen LogP contribution < -0.4 is 14.8 Å². The summed E-state index contributed by atoms with van der Waals surface area (Å²) in [6.07, 6.45) is 0.928. The third-order valence-electron chi connectivity index (χ3n) is 4.22. The monoisotopic (exact) mass is 407 g/mol. The maximum Gasteiger partial charge on any atom is 0.387 e. The zero-order chi connectivity index (χ0) is 21.4. The van der Waals surface area contributed by atoms with Crippen LogP contribution in [-0.4, -0.2) is 32.2 Å². The van der Waals surface area contributed by atoms with Crippen molar-refractivity contribution in [1.82, 2.24) is 5.32 Å². The van der Waals surface area contributed by atoms with Crippen LogP contribution in [0.1, 0.15) is 41.4 Å². The van der Waals surface area contributed by atoms with Crippen LogP contribution >= 0.6 is 0 Å². The second-order valence-corrected chi connectivity index (χ2v) is 6.20. The predicted molar refractivity (Wildman–Crippen MR) is 102 cm³/mol. The highest BCUT2D eigenvalue weighted by atomic mass is 19.3. The molecule has 0 saturated heterocycles.